The van der Waals surface area contributed by atoms with E-state index < -0.39 is 7.26 Å². The topological polar surface area (TPSA) is 4.93 Å². The number of unbranched alkanes of at least 4 members (excludes halogenated alkanes) is 2. The van der Waals surface area contributed by atoms with Crippen molar-refractivity contribution in [3.63, 3.8) is 0 Å². The fraction of sp³-hybridized carbons (Fsp3) is 0.161. The number of para-hydroxylation sites is 1. The summed E-state index contributed by atoms with van der Waals surface area (Å²) in [6.45, 7) is 1.08. The SMILES string of the molecule is c1ccc([P+](CCCCCn2ccc3ccccc32)(c2ccccc2)c2ccccc2)cc1. The van der Waals surface area contributed by atoms with Crippen molar-refractivity contribution in [2.75, 3.05) is 6.16 Å². The van der Waals surface area contributed by atoms with Crippen molar-refractivity contribution < 1.29 is 0 Å². The molecule has 0 bridgehead atoms. The summed E-state index contributed by atoms with van der Waals surface area (Å²) >= 11 is 0. The van der Waals surface area contributed by atoms with Crippen LogP contribution in [0.3, 0.4) is 0 Å². The molecule has 0 atom stereocenters. The van der Waals surface area contributed by atoms with Gasteiger partial charge in [0.1, 0.15) is 23.2 Å². The van der Waals surface area contributed by atoms with E-state index in [-0.39, 0.29) is 0 Å². The van der Waals surface area contributed by atoms with Gasteiger partial charge >= 0.3 is 0 Å². The van der Waals surface area contributed by atoms with Gasteiger partial charge in [-0.25, -0.2) is 0 Å². The van der Waals surface area contributed by atoms with E-state index in [1.54, 1.807) is 0 Å². The zero-order valence-corrected chi connectivity index (χ0v) is 19.9. The van der Waals surface area contributed by atoms with E-state index in [9.17, 15) is 0 Å². The van der Waals surface area contributed by atoms with Gasteiger partial charge in [0.15, 0.2) is 0 Å². The van der Waals surface area contributed by atoms with Crippen LogP contribution in [0.5, 0.6) is 0 Å². The molecule has 0 radical (unpaired) electrons. The van der Waals surface area contributed by atoms with Crippen molar-refractivity contribution >= 4 is 34.1 Å². The number of aromatic nitrogens is 1. The molecule has 33 heavy (non-hydrogen) atoms. The first kappa shape index (κ1) is 21.7. The smallest absolute Gasteiger partial charge is 0.112 e. The first-order valence-corrected chi connectivity index (χ1v) is 13.9. The lowest BCUT2D eigenvalue weighted by Gasteiger charge is -2.27. The van der Waals surface area contributed by atoms with Gasteiger partial charge in [-0.1, -0.05) is 72.8 Å². The minimum Gasteiger partial charge on any atom is -0.347 e. The molecular weight excluding hydrogens is 417 g/mol. The zero-order chi connectivity index (χ0) is 22.3. The van der Waals surface area contributed by atoms with Crippen molar-refractivity contribution in [3.8, 4) is 0 Å². The van der Waals surface area contributed by atoms with E-state index in [0.717, 1.165) is 6.54 Å². The third-order valence-corrected chi connectivity index (χ3v) is 11.2. The summed E-state index contributed by atoms with van der Waals surface area (Å²) in [6.07, 6.45) is 7.11. The lowest BCUT2D eigenvalue weighted by atomic mass is 10.2. The lowest BCUT2D eigenvalue weighted by molar-refractivity contribution is 0.618. The monoisotopic (exact) mass is 448 g/mol. The van der Waals surface area contributed by atoms with Gasteiger partial charge in [0.05, 0.1) is 6.16 Å². The van der Waals surface area contributed by atoms with Gasteiger partial charge in [-0.15, -0.1) is 0 Å². The highest BCUT2D eigenvalue weighted by Crippen LogP contribution is 2.55. The summed E-state index contributed by atoms with van der Waals surface area (Å²) in [4.78, 5) is 0. The Morgan fingerprint density at radius 1 is 0.485 bits per heavy atom. The van der Waals surface area contributed by atoms with Crippen molar-refractivity contribution in [2.45, 2.75) is 25.8 Å². The van der Waals surface area contributed by atoms with Gasteiger partial charge < -0.3 is 4.57 Å². The average molecular weight is 449 g/mol. The summed E-state index contributed by atoms with van der Waals surface area (Å²) in [6, 6.07) is 44.6. The van der Waals surface area contributed by atoms with Crippen molar-refractivity contribution in [1.29, 1.82) is 0 Å². The highest BCUT2D eigenvalue weighted by atomic mass is 31.2. The molecule has 0 unspecified atom stereocenters. The van der Waals surface area contributed by atoms with Gasteiger partial charge in [0.25, 0.3) is 0 Å². The standard InChI is InChI=1S/C31H31NP/c1-5-16-28(17-6-1)33(29-18-7-2-8-19-29,30-20-9-3-10-21-30)26-14-4-13-24-32-25-23-27-15-11-12-22-31(27)32/h1-3,5-12,15-23,25H,4,13-14,24,26H2/q+1. The van der Waals surface area contributed by atoms with Crippen LogP contribution >= 0.6 is 7.26 Å². The molecule has 5 aromatic rings. The Morgan fingerprint density at radius 3 is 1.58 bits per heavy atom. The van der Waals surface area contributed by atoms with Crippen LogP contribution < -0.4 is 15.9 Å². The minimum atomic E-state index is -1.70. The van der Waals surface area contributed by atoms with Crippen LogP contribution in [0.4, 0.5) is 0 Å². The lowest BCUT2D eigenvalue weighted by Crippen LogP contribution is -2.33. The number of rotatable bonds is 9. The molecule has 1 aromatic heterocycles. The summed E-state index contributed by atoms with van der Waals surface area (Å²) in [5.41, 5.74) is 1.34. The molecule has 0 fully saturated rings. The molecule has 0 spiro atoms. The van der Waals surface area contributed by atoms with Crippen molar-refractivity contribution in [1.82, 2.24) is 4.57 Å². The molecule has 5 rings (SSSR count). The molecule has 0 N–H and O–H groups in total. The Bertz CT molecular complexity index is 1180. The molecule has 1 nitrogen and oxygen atoms in total. The third kappa shape index (κ3) is 4.52. The van der Waals surface area contributed by atoms with Crippen molar-refractivity contribution in [2.24, 2.45) is 0 Å². The molecule has 4 aromatic carbocycles. The third-order valence-electron chi connectivity index (χ3n) is 6.66. The van der Waals surface area contributed by atoms with Gasteiger partial charge in [-0.3, -0.25) is 0 Å². The van der Waals surface area contributed by atoms with Crippen LogP contribution in [0.1, 0.15) is 19.3 Å². The average Bonchev–Trinajstić information content (AvgIpc) is 3.31. The summed E-state index contributed by atoms with van der Waals surface area (Å²) < 4.78 is 2.41. The quantitative estimate of drug-likeness (QED) is 0.172. The maximum absolute atomic E-state index is 2.41. The molecule has 0 aliphatic heterocycles. The molecule has 2 heteroatoms. The molecular formula is C31H31NP+. The van der Waals surface area contributed by atoms with Gasteiger partial charge in [-0.2, -0.15) is 0 Å². The summed E-state index contributed by atoms with van der Waals surface area (Å²) in [7, 11) is -1.70. The molecule has 0 saturated heterocycles. The second kappa shape index (κ2) is 10.2. The van der Waals surface area contributed by atoms with E-state index in [1.165, 1.54) is 52.2 Å². The summed E-state index contributed by atoms with van der Waals surface area (Å²) in [5, 5.41) is 5.79. The molecule has 0 amide bonds. The number of hydrogen-bond donors (Lipinski definition) is 0. The van der Waals surface area contributed by atoms with E-state index in [1.807, 2.05) is 0 Å². The number of nitrogens with zero attached hydrogens (tertiary/aromatic N) is 1. The van der Waals surface area contributed by atoms with Crippen LogP contribution in [0.25, 0.3) is 10.9 Å². The van der Waals surface area contributed by atoms with Crippen molar-refractivity contribution in [3.05, 3.63) is 128 Å². The summed E-state index contributed by atoms with van der Waals surface area (Å²) in [5.74, 6) is 0. The second-order valence-corrected chi connectivity index (χ2v) is 12.3. The molecule has 0 aliphatic rings. The maximum atomic E-state index is 2.41. The Labute approximate surface area is 198 Å². The minimum absolute atomic E-state index is 1.08. The van der Waals surface area contributed by atoms with Gasteiger partial charge in [-0.05, 0) is 73.2 Å². The van der Waals surface area contributed by atoms with Gasteiger partial charge in [0, 0.05) is 18.3 Å². The van der Waals surface area contributed by atoms with E-state index in [0.29, 0.717) is 0 Å². The predicted molar refractivity (Wildman–Crippen MR) is 146 cm³/mol. The van der Waals surface area contributed by atoms with E-state index in [4.69, 9.17) is 0 Å². The van der Waals surface area contributed by atoms with Crippen LogP contribution in [0.15, 0.2) is 128 Å². The normalized spacial score (nSPS) is 11.6. The highest BCUT2D eigenvalue weighted by molar-refractivity contribution is 7.95. The maximum Gasteiger partial charge on any atom is 0.112 e. The second-order valence-electron chi connectivity index (χ2n) is 8.67. The number of fused-ring (bicyclic) bond motifs is 1. The molecule has 0 aliphatic carbocycles. The highest BCUT2D eigenvalue weighted by Gasteiger charge is 2.44. The largest absolute Gasteiger partial charge is 0.347 e. The molecule has 164 valence electrons. The van der Waals surface area contributed by atoms with Crippen LogP contribution in [0, 0.1) is 0 Å². The Hall–Kier alpha value is -3.15. The fourth-order valence-corrected chi connectivity index (χ4v) is 9.44. The van der Waals surface area contributed by atoms with Crippen LogP contribution in [-0.2, 0) is 6.54 Å². The first-order chi connectivity index (χ1) is 16.4. The molecule has 0 saturated carbocycles. The van der Waals surface area contributed by atoms with Gasteiger partial charge in [0.2, 0.25) is 0 Å². The Balaban J connectivity index is 1.39. The van der Waals surface area contributed by atoms with Crippen LogP contribution in [-0.4, -0.2) is 10.7 Å². The van der Waals surface area contributed by atoms with E-state index in [2.05, 4.69) is 132 Å². The Kier molecular flexibility index (Phi) is 6.70. The zero-order valence-electron chi connectivity index (χ0n) is 19.1. The number of benzene rings is 4. The number of hydrogen-bond acceptors (Lipinski definition) is 0. The predicted octanol–water partition coefficient (Wildman–Crippen LogP) is 6.81. The molecule has 1 heterocycles. The van der Waals surface area contributed by atoms with Crippen LogP contribution in [0.2, 0.25) is 0 Å². The van der Waals surface area contributed by atoms with E-state index >= 15 is 0 Å². The fourth-order valence-electron chi connectivity index (χ4n) is 5.03. The first-order valence-electron chi connectivity index (χ1n) is 12.0. The Morgan fingerprint density at radius 2 is 1.00 bits per heavy atom. The number of aryl methyl sites for hydroxylation is 1.